The van der Waals surface area contributed by atoms with Crippen LogP contribution in [0.2, 0.25) is 0 Å². The fourth-order valence-corrected chi connectivity index (χ4v) is 1.11. The Labute approximate surface area is 78.4 Å². The highest BCUT2D eigenvalue weighted by atomic mass is 16.3. The van der Waals surface area contributed by atoms with Gasteiger partial charge < -0.3 is 10.8 Å². The van der Waals surface area contributed by atoms with Gasteiger partial charge in [0.25, 0.3) is 0 Å². The highest BCUT2D eigenvalue weighted by Gasteiger charge is 2.22. The van der Waals surface area contributed by atoms with Crippen molar-refractivity contribution in [1.29, 1.82) is 0 Å². The SMILES string of the molecule is CCCn1cc(C(C)(O)CN)cn1. The van der Waals surface area contributed by atoms with Gasteiger partial charge in [-0.15, -0.1) is 0 Å². The van der Waals surface area contributed by atoms with E-state index in [4.69, 9.17) is 5.73 Å². The fraction of sp³-hybridized carbons (Fsp3) is 0.667. The molecule has 4 nitrogen and oxygen atoms in total. The van der Waals surface area contributed by atoms with Crippen molar-refractivity contribution < 1.29 is 5.11 Å². The van der Waals surface area contributed by atoms with Crippen LogP contribution in [0.3, 0.4) is 0 Å². The van der Waals surface area contributed by atoms with Crippen LogP contribution in [0.4, 0.5) is 0 Å². The molecule has 3 N–H and O–H groups in total. The van der Waals surface area contributed by atoms with Gasteiger partial charge in [-0.1, -0.05) is 6.92 Å². The third-order valence-electron chi connectivity index (χ3n) is 2.11. The molecule has 1 atom stereocenters. The van der Waals surface area contributed by atoms with Crippen LogP contribution in [0.15, 0.2) is 12.4 Å². The molecule has 0 fully saturated rings. The van der Waals surface area contributed by atoms with Gasteiger partial charge in [0.15, 0.2) is 0 Å². The molecule has 74 valence electrons. The van der Waals surface area contributed by atoms with Crippen molar-refractivity contribution in [2.24, 2.45) is 5.73 Å². The summed E-state index contributed by atoms with van der Waals surface area (Å²) in [6, 6.07) is 0. The van der Waals surface area contributed by atoms with E-state index in [0.29, 0.717) is 0 Å². The largest absolute Gasteiger partial charge is 0.384 e. The van der Waals surface area contributed by atoms with Gasteiger partial charge in [0.2, 0.25) is 0 Å². The Bertz CT molecular complexity index is 268. The molecule has 0 spiro atoms. The van der Waals surface area contributed by atoms with E-state index in [1.807, 2.05) is 10.9 Å². The number of aromatic nitrogens is 2. The van der Waals surface area contributed by atoms with Crippen LogP contribution >= 0.6 is 0 Å². The van der Waals surface area contributed by atoms with Gasteiger partial charge in [-0.25, -0.2) is 0 Å². The van der Waals surface area contributed by atoms with E-state index in [1.54, 1.807) is 13.1 Å². The summed E-state index contributed by atoms with van der Waals surface area (Å²) in [6.07, 6.45) is 4.55. The summed E-state index contributed by atoms with van der Waals surface area (Å²) in [5.74, 6) is 0. The molecule has 4 heteroatoms. The van der Waals surface area contributed by atoms with E-state index in [-0.39, 0.29) is 6.54 Å². The number of aryl methyl sites for hydroxylation is 1. The zero-order valence-corrected chi connectivity index (χ0v) is 8.20. The third kappa shape index (κ3) is 2.29. The number of rotatable bonds is 4. The van der Waals surface area contributed by atoms with Crippen molar-refractivity contribution in [2.75, 3.05) is 6.54 Å². The normalized spacial score (nSPS) is 15.7. The van der Waals surface area contributed by atoms with E-state index in [0.717, 1.165) is 18.5 Å². The molecule has 0 amide bonds. The average Bonchev–Trinajstić information content (AvgIpc) is 2.54. The van der Waals surface area contributed by atoms with E-state index >= 15 is 0 Å². The van der Waals surface area contributed by atoms with E-state index in [9.17, 15) is 5.11 Å². The minimum atomic E-state index is -0.952. The molecule has 0 saturated carbocycles. The third-order valence-corrected chi connectivity index (χ3v) is 2.11. The maximum Gasteiger partial charge on any atom is 0.102 e. The molecule has 0 aliphatic heterocycles. The van der Waals surface area contributed by atoms with E-state index < -0.39 is 5.60 Å². The second-order valence-corrected chi connectivity index (χ2v) is 3.47. The van der Waals surface area contributed by atoms with Crippen LogP contribution in [0.1, 0.15) is 25.8 Å². The second-order valence-electron chi connectivity index (χ2n) is 3.47. The minimum absolute atomic E-state index is 0.213. The number of nitrogens with zero attached hydrogens (tertiary/aromatic N) is 2. The molecule has 1 heterocycles. The molecule has 1 rings (SSSR count). The Morgan fingerprint density at radius 3 is 2.92 bits per heavy atom. The Hall–Kier alpha value is -0.870. The van der Waals surface area contributed by atoms with Crippen molar-refractivity contribution in [3.05, 3.63) is 18.0 Å². The first-order chi connectivity index (χ1) is 6.10. The Kier molecular flexibility index (Phi) is 3.06. The van der Waals surface area contributed by atoms with E-state index in [2.05, 4.69) is 12.0 Å². The Balaban J connectivity index is 2.79. The minimum Gasteiger partial charge on any atom is -0.384 e. The van der Waals surface area contributed by atoms with Crippen LogP contribution in [-0.2, 0) is 12.1 Å². The van der Waals surface area contributed by atoms with Crippen molar-refractivity contribution in [3.8, 4) is 0 Å². The lowest BCUT2D eigenvalue weighted by Gasteiger charge is -2.18. The zero-order valence-electron chi connectivity index (χ0n) is 8.20. The van der Waals surface area contributed by atoms with Crippen LogP contribution in [0.25, 0.3) is 0 Å². The summed E-state index contributed by atoms with van der Waals surface area (Å²) < 4.78 is 1.82. The number of nitrogens with two attached hydrogens (primary N) is 1. The molecule has 0 bridgehead atoms. The summed E-state index contributed by atoms with van der Waals surface area (Å²) in [4.78, 5) is 0. The topological polar surface area (TPSA) is 64.1 Å². The average molecular weight is 183 g/mol. The first-order valence-electron chi connectivity index (χ1n) is 4.55. The predicted molar refractivity (Wildman–Crippen MR) is 51.1 cm³/mol. The van der Waals surface area contributed by atoms with Crippen molar-refractivity contribution in [1.82, 2.24) is 9.78 Å². The molecular formula is C9H17N3O. The molecule has 0 aliphatic rings. The predicted octanol–water partition coefficient (Wildman–Crippen LogP) is 0.459. The summed E-state index contributed by atoms with van der Waals surface area (Å²) in [5.41, 5.74) is 5.26. The Morgan fingerprint density at radius 2 is 2.38 bits per heavy atom. The van der Waals surface area contributed by atoms with Gasteiger partial charge in [0, 0.05) is 24.8 Å². The summed E-state index contributed by atoms with van der Waals surface area (Å²) >= 11 is 0. The highest BCUT2D eigenvalue weighted by Crippen LogP contribution is 2.17. The maximum atomic E-state index is 9.80. The summed E-state index contributed by atoms with van der Waals surface area (Å²) in [6.45, 7) is 4.87. The van der Waals surface area contributed by atoms with Gasteiger partial charge in [-0.2, -0.15) is 5.10 Å². The quantitative estimate of drug-likeness (QED) is 0.712. The Morgan fingerprint density at radius 1 is 1.69 bits per heavy atom. The molecule has 1 aromatic rings. The lowest BCUT2D eigenvalue weighted by molar-refractivity contribution is 0.0667. The van der Waals surface area contributed by atoms with Gasteiger partial charge in [-0.3, -0.25) is 4.68 Å². The van der Waals surface area contributed by atoms with E-state index in [1.165, 1.54) is 0 Å². The first-order valence-corrected chi connectivity index (χ1v) is 4.55. The van der Waals surface area contributed by atoms with Crippen LogP contribution in [0, 0.1) is 0 Å². The number of aliphatic hydroxyl groups is 1. The second kappa shape index (κ2) is 3.89. The van der Waals surface area contributed by atoms with Crippen LogP contribution in [0.5, 0.6) is 0 Å². The highest BCUT2D eigenvalue weighted by molar-refractivity contribution is 5.14. The number of hydrogen-bond acceptors (Lipinski definition) is 3. The molecular weight excluding hydrogens is 166 g/mol. The zero-order chi connectivity index (χ0) is 9.90. The summed E-state index contributed by atoms with van der Waals surface area (Å²) in [7, 11) is 0. The molecule has 0 saturated heterocycles. The van der Waals surface area contributed by atoms with Crippen molar-refractivity contribution >= 4 is 0 Å². The van der Waals surface area contributed by atoms with Crippen LogP contribution in [-0.4, -0.2) is 21.4 Å². The lowest BCUT2D eigenvalue weighted by atomic mass is 10.0. The van der Waals surface area contributed by atoms with Crippen molar-refractivity contribution in [2.45, 2.75) is 32.4 Å². The summed E-state index contributed by atoms with van der Waals surface area (Å²) in [5, 5.41) is 13.9. The van der Waals surface area contributed by atoms with Gasteiger partial charge in [0.05, 0.1) is 6.20 Å². The monoisotopic (exact) mass is 183 g/mol. The molecule has 1 aromatic heterocycles. The smallest absolute Gasteiger partial charge is 0.102 e. The standard InChI is InChI=1S/C9H17N3O/c1-3-4-12-6-8(5-11-12)9(2,13)7-10/h5-6,13H,3-4,7,10H2,1-2H3. The molecule has 13 heavy (non-hydrogen) atoms. The molecule has 0 aliphatic carbocycles. The van der Waals surface area contributed by atoms with Gasteiger partial charge in [0.1, 0.15) is 5.60 Å². The molecule has 0 aromatic carbocycles. The number of hydrogen-bond donors (Lipinski definition) is 2. The molecule has 1 unspecified atom stereocenters. The van der Waals surface area contributed by atoms with Crippen molar-refractivity contribution in [3.63, 3.8) is 0 Å². The van der Waals surface area contributed by atoms with Gasteiger partial charge in [-0.05, 0) is 13.3 Å². The fourth-order valence-electron chi connectivity index (χ4n) is 1.11. The van der Waals surface area contributed by atoms with Gasteiger partial charge >= 0.3 is 0 Å². The lowest BCUT2D eigenvalue weighted by Crippen LogP contribution is -2.30. The molecule has 0 radical (unpaired) electrons. The first kappa shape index (κ1) is 10.2. The maximum absolute atomic E-state index is 9.80. The van der Waals surface area contributed by atoms with Crippen LogP contribution < -0.4 is 5.73 Å².